The SMILES string of the molecule is Cc1nn(C)c(Oc2ccc([N+](=O)[O-])c(F)c2)c1C(=N)N. The number of nitrogens with one attached hydrogen (secondary N) is 1. The van der Waals surface area contributed by atoms with E-state index in [0.717, 1.165) is 12.1 Å². The standard InChI is InChI=1S/C12H12FN5O3/c1-6-10(11(14)15)12(17(2)16-6)21-7-3-4-9(18(19)20)8(13)5-7/h3-5H,1-2H3,(H3,14,15). The van der Waals surface area contributed by atoms with Crippen molar-refractivity contribution in [2.24, 2.45) is 12.8 Å². The van der Waals surface area contributed by atoms with E-state index in [0.29, 0.717) is 5.69 Å². The molecular formula is C12H12FN5O3. The Bertz CT molecular complexity index is 741. The van der Waals surface area contributed by atoms with Gasteiger partial charge in [-0.05, 0) is 13.0 Å². The Kier molecular flexibility index (Phi) is 3.57. The highest BCUT2D eigenvalue weighted by Gasteiger charge is 2.20. The molecule has 0 atom stereocenters. The molecule has 2 rings (SSSR count). The van der Waals surface area contributed by atoms with Gasteiger partial charge in [0.25, 0.3) is 0 Å². The number of nitrogens with two attached hydrogens (primary N) is 1. The highest BCUT2D eigenvalue weighted by Crippen LogP contribution is 2.29. The summed E-state index contributed by atoms with van der Waals surface area (Å²) in [6.07, 6.45) is 0. The second-order valence-corrected chi connectivity index (χ2v) is 4.28. The van der Waals surface area contributed by atoms with Gasteiger partial charge in [0.15, 0.2) is 0 Å². The summed E-state index contributed by atoms with van der Waals surface area (Å²) < 4.78 is 20.4. The fourth-order valence-electron chi connectivity index (χ4n) is 1.87. The number of hydrogen-bond acceptors (Lipinski definition) is 5. The van der Waals surface area contributed by atoms with Crippen LogP contribution in [-0.2, 0) is 7.05 Å². The molecular weight excluding hydrogens is 281 g/mol. The largest absolute Gasteiger partial charge is 0.438 e. The van der Waals surface area contributed by atoms with Gasteiger partial charge in [-0.2, -0.15) is 9.49 Å². The average Bonchev–Trinajstić information content (AvgIpc) is 2.63. The number of nitro groups is 1. The second-order valence-electron chi connectivity index (χ2n) is 4.28. The van der Waals surface area contributed by atoms with E-state index in [9.17, 15) is 14.5 Å². The fraction of sp³-hybridized carbons (Fsp3) is 0.167. The monoisotopic (exact) mass is 293 g/mol. The number of rotatable bonds is 4. The van der Waals surface area contributed by atoms with E-state index < -0.39 is 16.4 Å². The van der Waals surface area contributed by atoms with Gasteiger partial charge in [0.2, 0.25) is 11.7 Å². The van der Waals surface area contributed by atoms with Crippen LogP contribution in [0.1, 0.15) is 11.3 Å². The number of amidine groups is 1. The van der Waals surface area contributed by atoms with Gasteiger partial charge in [-0.15, -0.1) is 0 Å². The molecule has 21 heavy (non-hydrogen) atoms. The van der Waals surface area contributed by atoms with Gasteiger partial charge in [0.05, 0.1) is 10.6 Å². The summed E-state index contributed by atoms with van der Waals surface area (Å²) in [7, 11) is 1.58. The van der Waals surface area contributed by atoms with E-state index in [1.165, 1.54) is 10.7 Å². The number of nitrogen functional groups attached to an aromatic ring is 1. The summed E-state index contributed by atoms with van der Waals surface area (Å²) in [5.74, 6) is -1.05. The third-order valence-corrected chi connectivity index (χ3v) is 2.77. The molecule has 1 aromatic heterocycles. The number of ether oxygens (including phenoxy) is 1. The van der Waals surface area contributed by atoms with E-state index in [2.05, 4.69) is 5.10 Å². The number of aryl methyl sites for hydroxylation is 2. The molecule has 2 aromatic rings. The van der Waals surface area contributed by atoms with E-state index in [1.54, 1.807) is 14.0 Å². The summed E-state index contributed by atoms with van der Waals surface area (Å²) in [6.45, 7) is 1.65. The fourth-order valence-corrected chi connectivity index (χ4v) is 1.87. The smallest absolute Gasteiger partial charge is 0.305 e. The van der Waals surface area contributed by atoms with Crippen LogP contribution in [0.2, 0.25) is 0 Å². The Hall–Kier alpha value is -2.97. The summed E-state index contributed by atoms with van der Waals surface area (Å²) in [4.78, 5) is 9.73. The molecule has 0 aliphatic heterocycles. The summed E-state index contributed by atoms with van der Waals surface area (Å²) in [5, 5.41) is 22.1. The first kappa shape index (κ1) is 14.4. The van der Waals surface area contributed by atoms with Crippen LogP contribution in [0.4, 0.5) is 10.1 Å². The molecule has 0 fully saturated rings. The van der Waals surface area contributed by atoms with Crippen molar-refractivity contribution in [2.75, 3.05) is 0 Å². The Morgan fingerprint density at radius 2 is 2.24 bits per heavy atom. The number of benzene rings is 1. The molecule has 0 aliphatic rings. The molecule has 0 saturated heterocycles. The molecule has 0 radical (unpaired) electrons. The predicted octanol–water partition coefficient (Wildman–Crippen LogP) is 1.85. The van der Waals surface area contributed by atoms with E-state index in [-0.39, 0.29) is 23.0 Å². The molecule has 0 saturated carbocycles. The van der Waals surface area contributed by atoms with Crippen molar-refractivity contribution in [3.8, 4) is 11.6 Å². The van der Waals surface area contributed by atoms with Crippen LogP contribution in [-0.4, -0.2) is 20.5 Å². The molecule has 0 unspecified atom stereocenters. The molecule has 110 valence electrons. The van der Waals surface area contributed by atoms with Gasteiger partial charge in [0, 0.05) is 19.2 Å². The number of nitrogens with zero attached hydrogens (tertiary/aromatic N) is 3. The predicted molar refractivity (Wildman–Crippen MR) is 72.1 cm³/mol. The summed E-state index contributed by atoms with van der Waals surface area (Å²) >= 11 is 0. The first-order valence-corrected chi connectivity index (χ1v) is 5.81. The normalized spacial score (nSPS) is 10.4. The van der Waals surface area contributed by atoms with Crippen LogP contribution in [0, 0.1) is 28.3 Å². The van der Waals surface area contributed by atoms with Crippen molar-refractivity contribution in [1.29, 1.82) is 5.41 Å². The maximum absolute atomic E-state index is 13.6. The quantitative estimate of drug-likeness (QED) is 0.386. The maximum Gasteiger partial charge on any atom is 0.305 e. The first-order valence-electron chi connectivity index (χ1n) is 5.81. The molecule has 0 amide bonds. The molecule has 9 heteroatoms. The second kappa shape index (κ2) is 5.19. The average molecular weight is 293 g/mol. The van der Waals surface area contributed by atoms with E-state index >= 15 is 0 Å². The number of hydrogen-bond donors (Lipinski definition) is 2. The number of aromatic nitrogens is 2. The maximum atomic E-state index is 13.6. The van der Waals surface area contributed by atoms with Crippen molar-refractivity contribution in [2.45, 2.75) is 6.92 Å². The van der Waals surface area contributed by atoms with Crippen molar-refractivity contribution in [3.63, 3.8) is 0 Å². The Morgan fingerprint density at radius 1 is 1.57 bits per heavy atom. The van der Waals surface area contributed by atoms with Crippen molar-refractivity contribution in [3.05, 3.63) is 45.4 Å². The van der Waals surface area contributed by atoms with E-state index in [1.807, 2.05) is 0 Å². The highest BCUT2D eigenvalue weighted by molar-refractivity contribution is 5.98. The topological polar surface area (TPSA) is 120 Å². The van der Waals surface area contributed by atoms with Gasteiger partial charge >= 0.3 is 5.69 Å². The molecule has 0 spiro atoms. The lowest BCUT2D eigenvalue weighted by atomic mass is 10.2. The molecule has 1 aromatic carbocycles. The van der Waals surface area contributed by atoms with Crippen molar-refractivity contribution < 1.29 is 14.1 Å². The van der Waals surface area contributed by atoms with Crippen LogP contribution in [0.3, 0.4) is 0 Å². The Morgan fingerprint density at radius 3 is 2.76 bits per heavy atom. The number of nitro benzene ring substituents is 1. The van der Waals surface area contributed by atoms with Crippen LogP contribution in [0.15, 0.2) is 18.2 Å². The van der Waals surface area contributed by atoms with Crippen LogP contribution in [0.5, 0.6) is 11.6 Å². The molecule has 0 aliphatic carbocycles. The van der Waals surface area contributed by atoms with Crippen LogP contribution >= 0.6 is 0 Å². The zero-order valence-corrected chi connectivity index (χ0v) is 11.3. The van der Waals surface area contributed by atoms with Crippen molar-refractivity contribution in [1.82, 2.24) is 9.78 Å². The van der Waals surface area contributed by atoms with E-state index in [4.69, 9.17) is 15.9 Å². The third-order valence-electron chi connectivity index (χ3n) is 2.77. The van der Waals surface area contributed by atoms with Gasteiger partial charge in [0.1, 0.15) is 17.1 Å². The molecule has 1 heterocycles. The van der Waals surface area contributed by atoms with Gasteiger partial charge in [-0.3, -0.25) is 15.5 Å². The molecule has 3 N–H and O–H groups in total. The minimum Gasteiger partial charge on any atom is -0.438 e. The lowest BCUT2D eigenvalue weighted by molar-refractivity contribution is -0.387. The third kappa shape index (κ3) is 2.66. The molecule has 0 bridgehead atoms. The molecule has 8 nitrogen and oxygen atoms in total. The van der Waals surface area contributed by atoms with Crippen LogP contribution in [0.25, 0.3) is 0 Å². The Balaban J connectivity index is 2.41. The zero-order valence-electron chi connectivity index (χ0n) is 11.3. The van der Waals surface area contributed by atoms with Crippen LogP contribution < -0.4 is 10.5 Å². The van der Waals surface area contributed by atoms with Gasteiger partial charge < -0.3 is 10.5 Å². The highest BCUT2D eigenvalue weighted by atomic mass is 19.1. The van der Waals surface area contributed by atoms with Gasteiger partial charge in [-0.25, -0.2) is 4.68 Å². The van der Waals surface area contributed by atoms with Gasteiger partial charge in [-0.1, -0.05) is 0 Å². The Labute approximate surface area is 118 Å². The summed E-state index contributed by atoms with van der Waals surface area (Å²) in [6, 6.07) is 3.15. The first-order chi connectivity index (χ1) is 9.81. The minimum atomic E-state index is -1.01. The lowest BCUT2D eigenvalue weighted by Gasteiger charge is -2.08. The lowest BCUT2D eigenvalue weighted by Crippen LogP contribution is -2.13. The number of halogens is 1. The van der Waals surface area contributed by atoms with Crippen molar-refractivity contribution >= 4 is 11.5 Å². The summed E-state index contributed by atoms with van der Waals surface area (Å²) in [5.41, 5.74) is 5.60. The zero-order chi connectivity index (χ0) is 15.7. The minimum absolute atomic E-state index is 0.0450.